The molecule has 2 heterocycles. The summed E-state index contributed by atoms with van der Waals surface area (Å²) in [6.07, 6.45) is -0.741. The molecule has 2 aliphatic heterocycles. The van der Waals surface area contributed by atoms with Crippen molar-refractivity contribution in [1.82, 2.24) is 4.90 Å². The Balaban J connectivity index is 2.35. The first-order valence-corrected chi connectivity index (χ1v) is 4.24. The van der Waals surface area contributed by atoms with Crippen molar-refractivity contribution >= 4 is 11.9 Å². The van der Waals surface area contributed by atoms with Gasteiger partial charge in [-0.2, -0.15) is 0 Å². The zero-order valence-corrected chi connectivity index (χ0v) is 6.99. The summed E-state index contributed by atoms with van der Waals surface area (Å²) in [5.41, 5.74) is -1.23. The van der Waals surface area contributed by atoms with Gasteiger partial charge in [0.15, 0.2) is 0 Å². The summed E-state index contributed by atoms with van der Waals surface area (Å²) >= 11 is 0. The molecular weight excluding hydrogens is 177 g/mol. The Morgan fingerprint density at radius 3 is 2.92 bits per heavy atom. The number of hydrogen-bond acceptors (Lipinski definition) is 2. The number of hydrogen-bond donors (Lipinski definition) is 1. The number of aliphatic carboxylic acids is 1. The summed E-state index contributed by atoms with van der Waals surface area (Å²) in [5.74, 6) is -1.30. The average Bonchev–Trinajstić information content (AvgIpc) is 2.51. The molecule has 13 heavy (non-hydrogen) atoms. The maximum Gasteiger partial charge on any atom is 0.329 e. The Bertz CT molecular complexity index is 281. The van der Waals surface area contributed by atoms with Crippen LogP contribution in [-0.2, 0) is 9.59 Å². The van der Waals surface area contributed by atoms with Crippen molar-refractivity contribution in [2.45, 2.75) is 31.0 Å². The van der Waals surface area contributed by atoms with E-state index in [9.17, 15) is 14.0 Å². The van der Waals surface area contributed by atoms with Gasteiger partial charge >= 0.3 is 5.97 Å². The second-order valence-corrected chi connectivity index (χ2v) is 3.64. The quantitative estimate of drug-likeness (QED) is 0.636. The van der Waals surface area contributed by atoms with Crippen molar-refractivity contribution in [2.24, 2.45) is 0 Å². The zero-order valence-electron chi connectivity index (χ0n) is 6.99. The van der Waals surface area contributed by atoms with Crippen LogP contribution in [0.25, 0.3) is 0 Å². The lowest BCUT2D eigenvalue weighted by atomic mass is 9.94. The highest BCUT2D eigenvalue weighted by molar-refractivity contribution is 5.91. The van der Waals surface area contributed by atoms with Gasteiger partial charge in [-0.25, -0.2) is 9.18 Å². The van der Waals surface area contributed by atoms with Gasteiger partial charge in [-0.05, 0) is 6.42 Å². The van der Waals surface area contributed by atoms with E-state index in [2.05, 4.69) is 0 Å². The average molecular weight is 187 g/mol. The number of nitrogens with zero attached hydrogens (tertiary/aromatic N) is 1. The van der Waals surface area contributed by atoms with Gasteiger partial charge in [0.1, 0.15) is 11.7 Å². The van der Waals surface area contributed by atoms with Crippen LogP contribution in [0.15, 0.2) is 0 Å². The van der Waals surface area contributed by atoms with Crippen LogP contribution in [0.5, 0.6) is 0 Å². The Kier molecular flexibility index (Phi) is 1.58. The van der Waals surface area contributed by atoms with Crippen molar-refractivity contribution < 1.29 is 19.1 Å². The lowest BCUT2D eigenvalue weighted by Crippen LogP contribution is -2.47. The smallest absolute Gasteiger partial charge is 0.329 e. The van der Waals surface area contributed by atoms with E-state index in [0.29, 0.717) is 0 Å². The first-order valence-electron chi connectivity index (χ1n) is 4.24. The van der Waals surface area contributed by atoms with Crippen LogP contribution in [0.4, 0.5) is 4.39 Å². The molecule has 4 nitrogen and oxygen atoms in total. The molecule has 0 bridgehead atoms. The van der Waals surface area contributed by atoms with Crippen LogP contribution in [0, 0.1) is 0 Å². The minimum atomic E-state index is -1.23. The largest absolute Gasteiger partial charge is 0.479 e. The molecule has 2 saturated heterocycles. The molecule has 72 valence electrons. The van der Waals surface area contributed by atoms with Crippen molar-refractivity contribution in [2.75, 3.05) is 6.54 Å². The van der Waals surface area contributed by atoms with Crippen molar-refractivity contribution in [1.29, 1.82) is 0 Å². The van der Waals surface area contributed by atoms with E-state index >= 15 is 0 Å². The normalized spacial score (nSPS) is 38.1. The molecule has 0 spiro atoms. The highest BCUT2D eigenvalue weighted by Gasteiger charge is 2.57. The fraction of sp³-hybridized carbons (Fsp3) is 0.750. The molecule has 2 aliphatic rings. The summed E-state index contributed by atoms with van der Waals surface area (Å²) in [7, 11) is 0. The van der Waals surface area contributed by atoms with E-state index in [0.717, 1.165) is 0 Å². The molecule has 0 aromatic rings. The van der Waals surface area contributed by atoms with Crippen LogP contribution >= 0.6 is 0 Å². The summed E-state index contributed by atoms with van der Waals surface area (Å²) in [6, 6.07) is 0. The number of amides is 1. The van der Waals surface area contributed by atoms with Gasteiger partial charge in [0.05, 0.1) is 6.54 Å². The standard InChI is InChI=1S/C8H10FNO3/c9-5-3-8(7(12)13)2-1-6(11)10(8)4-5/h5H,1-4H2,(H,12,13). The summed E-state index contributed by atoms with van der Waals surface area (Å²) in [4.78, 5) is 23.3. The van der Waals surface area contributed by atoms with E-state index in [-0.39, 0.29) is 31.7 Å². The molecule has 5 heteroatoms. The van der Waals surface area contributed by atoms with E-state index in [1.807, 2.05) is 0 Å². The third-order valence-corrected chi connectivity index (χ3v) is 2.91. The highest BCUT2D eigenvalue weighted by Crippen LogP contribution is 2.40. The molecule has 0 aromatic heterocycles. The predicted octanol–water partition coefficient (Wildman–Crippen LogP) is 0.174. The Hall–Kier alpha value is -1.13. The third kappa shape index (κ3) is 0.959. The maximum absolute atomic E-state index is 13.0. The van der Waals surface area contributed by atoms with Gasteiger partial charge in [0.25, 0.3) is 0 Å². The molecule has 2 fully saturated rings. The van der Waals surface area contributed by atoms with Crippen LogP contribution in [0.2, 0.25) is 0 Å². The lowest BCUT2D eigenvalue weighted by Gasteiger charge is -2.26. The monoisotopic (exact) mass is 187 g/mol. The Morgan fingerprint density at radius 1 is 1.69 bits per heavy atom. The van der Waals surface area contributed by atoms with Gasteiger partial charge in [0.2, 0.25) is 5.91 Å². The molecule has 0 radical (unpaired) electrons. The van der Waals surface area contributed by atoms with Crippen LogP contribution in [0.3, 0.4) is 0 Å². The minimum absolute atomic E-state index is 0.0475. The predicted molar refractivity (Wildman–Crippen MR) is 40.8 cm³/mol. The molecule has 1 N–H and O–H groups in total. The van der Waals surface area contributed by atoms with E-state index in [4.69, 9.17) is 5.11 Å². The number of carbonyl (C=O) groups excluding carboxylic acids is 1. The maximum atomic E-state index is 13.0. The number of halogens is 1. The van der Waals surface area contributed by atoms with E-state index in [1.165, 1.54) is 4.90 Å². The minimum Gasteiger partial charge on any atom is -0.479 e. The SMILES string of the molecule is O=C1CCC2(C(=O)O)CC(F)CN12. The Morgan fingerprint density at radius 2 is 2.38 bits per heavy atom. The van der Waals surface area contributed by atoms with Crippen LogP contribution < -0.4 is 0 Å². The third-order valence-electron chi connectivity index (χ3n) is 2.91. The van der Waals surface area contributed by atoms with Gasteiger partial charge in [0, 0.05) is 12.8 Å². The molecule has 2 rings (SSSR count). The fourth-order valence-electron chi connectivity index (χ4n) is 2.25. The highest BCUT2D eigenvalue weighted by atomic mass is 19.1. The van der Waals surface area contributed by atoms with Crippen molar-refractivity contribution in [3.8, 4) is 0 Å². The number of carbonyl (C=O) groups is 2. The molecule has 2 atom stereocenters. The number of fused-ring (bicyclic) bond motifs is 1. The number of carboxylic acid groups (broad SMARTS) is 1. The fourth-order valence-corrected chi connectivity index (χ4v) is 2.25. The number of carboxylic acids is 1. The van der Waals surface area contributed by atoms with Crippen LogP contribution in [0.1, 0.15) is 19.3 Å². The topological polar surface area (TPSA) is 57.6 Å². The Labute approximate surface area is 74.3 Å². The van der Waals surface area contributed by atoms with Gasteiger partial charge < -0.3 is 10.0 Å². The molecular formula is C8H10FNO3. The first kappa shape index (κ1) is 8.47. The lowest BCUT2D eigenvalue weighted by molar-refractivity contribution is -0.151. The number of alkyl halides is 1. The summed E-state index contributed by atoms with van der Waals surface area (Å²) in [5, 5.41) is 8.95. The van der Waals surface area contributed by atoms with Gasteiger partial charge in [-0.15, -0.1) is 0 Å². The summed E-state index contributed by atoms with van der Waals surface area (Å²) < 4.78 is 13.0. The second kappa shape index (κ2) is 2.43. The van der Waals surface area contributed by atoms with Gasteiger partial charge in [-0.1, -0.05) is 0 Å². The molecule has 0 saturated carbocycles. The second-order valence-electron chi connectivity index (χ2n) is 3.64. The molecule has 0 aliphatic carbocycles. The van der Waals surface area contributed by atoms with Crippen LogP contribution in [-0.4, -0.2) is 40.1 Å². The first-order chi connectivity index (χ1) is 6.06. The molecule has 1 amide bonds. The molecule has 0 aromatic carbocycles. The zero-order chi connectivity index (χ0) is 9.64. The summed E-state index contributed by atoms with van der Waals surface area (Å²) in [6.45, 7) is -0.0505. The van der Waals surface area contributed by atoms with E-state index < -0.39 is 17.7 Å². The van der Waals surface area contributed by atoms with Crippen molar-refractivity contribution in [3.05, 3.63) is 0 Å². The number of rotatable bonds is 1. The van der Waals surface area contributed by atoms with E-state index in [1.54, 1.807) is 0 Å². The molecule has 2 unspecified atom stereocenters. The van der Waals surface area contributed by atoms with Gasteiger partial charge in [-0.3, -0.25) is 4.79 Å². The van der Waals surface area contributed by atoms with Crippen molar-refractivity contribution in [3.63, 3.8) is 0 Å².